The Kier molecular flexibility index (Phi) is 9.77. The van der Waals surface area contributed by atoms with E-state index in [1.54, 1.807) is 42.5 Å². The van der Waals surface area contributed by atoms with Gasteiger partial charge in [0.15, 0.2) is 0 Å². The smallest absolute Gasteiger partial charge is 0.273 e. The lowest BCUT2D eigenvalue weighted by Crippen LogP contribution is -2.41. The van der Waals surface area contributed by atoms with Crippen molar-refractivity contribution in [2.45, 2.75) is 33.1 Å². The highest BCUT2D eigenvalue weighted by molar-refractivity contribution is 6.35. The molecule has 6 nitrogen and oxygen atoms in total. The molecule has 0 bridgehead atoms. The molecule has 0 aliphatic rings. The molecule has 0 radical (unpaired) electrons. The van der Waals surface area contributed by atoms with Crippen LogP contribution in [0.5, 0.6) is 11.5 Å². The molecular weight excluding hydrogens is 427 g/mol. The first-order chi connectivity index (χ1) is 14.4. The van der Waals surface area contributed by atoms with Crippen LogP contribution in [0.3, 0.4) is 0 Å². The number of hydrogen-bond donors (Lipinski definition) is 2. The van der Waals surface area contributed by atoms with Crippen molar-refractivity contribution in [3.8, 4) is 11.5 Å². The van der Waals surface area contributed by atoms with Crippen LogP contribution >= 0.6 is 23.2 Å². The van der Waals surface area contributed by atoms with Gasteiger partial charge in [0.2, 0.25) is 5.91 Å². The van der Waals surface area contributed by atoms with Gasteiger partial charge in [0.1, 0.15) is 11.5 Å². The van der Waals surface area contributed by atoms with Crippen molar-refractivity contribution in [2.24, 2.45) is 5.92 Å². The van der Waals surface area contributed by atoms with Crippen LogP contribution in [0.2, 0.25) is 10.0 Å². The van der Waals surface area contributed by atoms with Gasteiger partial charge in [0, 0.05) is 11.4 Å². The number of nitrogens with one attached hydrogen (secondary N) is 2. The second kappa shape index (κ2) is 12.3. The van der Waals surface area contributed by atoms with Gasteiger partial charge >= 0.3 is 0 Å². The van der Waals surface area contributed by atoms with E-state index >= 15 is 0 Å². The molecule has 0 fully saturated rings. The Balaban J connectivity index is 1.73. The minimum atomic E-state index is -0.437. The average molecular weight is 453 g/mol. The van der Waals surface area contributed by atoms with Gasteiger partial charge in [-0.2, -0.15) is 0 Å². The van der Waals surface area contributed by atoms with Crippen molar-refractivity contribution in [3.05, 3.63) is 58.1 Å². The number of benzene rings is 2. The van der Waals surface area contributed by atoms with Gasteiger partial charge in [0.05, 0.1) is 23.8 Å². The first kappa shape index (κ1) is 23.8. The summed E-state index contributed by atoms with van der Waals surface area (Å²) in [6, 6.07) is 11.9. The van der Waals surface area contributed by atoms with Crippen molar-refractivity contribution in [3.63, 3.8) is 0 Å². The van der Waals surface area contributed by atoms with Gasteiger partial charge in [-0.3, -0.25) is 20.4 Å². The standard InChI is InChI=1S/C22H26Cl2N2O4/c1-15(2)11-13-30-19-7-4-3-6-17(19)22(28)26-25-21(27)8-5-12-29-20-10-9-16(23)14-18(20)24/h3-4,6-7,9-10,14-15H,5,8,11-13H2,1-2H3,(H,25,27)(H,26,28). The molecule has 0 spiro atoms. The number of ether oxygens (including phenoxy) is 2. The molecule has 2 aromatic carbocycles. The summed E-state index contributed by atoms with van der Waals surface area (Å²) in [4.78, 5) is 24.4. The highest BCUT2D eigenvalue weighted by Gasteiger charge is 2.13. The van der Waals surface area contributed by atoms with Gasteiger partial charge < -0.3 is 9.47 Å². The van der Waals surface area contributed by atoms with E-state index in [2.05, 4.69) is 24.7 Å². The molecule has 2 aromatic rings. The van der Waals surface area contributed by atoms with E-state index in [0.717, 1.165) is 6.42 Å². The zero-order chi connectivity index (χ0) is 21.9. The maximum Gasteiger partial charge on any atom is 0.273 e. The van der Waals surface area contributed by atoms with Crippen LogP contribution in [0.1, 0.15) is 43.5 Å². The minimum Gasteiger partial charge on any atom is -0.493 e. The van der Waals surface area contributed by atoms with Crippen LogP contribution in [0.4, 0.5) is 0 Å². The molecule has 30 heavy (non-hydrogen) atoms. The van der Waals surface area contributed by atoms with Crippen molar-refractivity contribution in [2.75, 3.05) is 13.2 Å². The molecule has 0 saturated carbocycles. The van der Waals surface area contributed by atoms with Crippen molar-refractivity contribution < 1.29 is 19.1 Å². The fraction of sp³-hybridized carbons (Fsp3) is 0.364. The molecule has 0 aromatic heterocycles. The molecular formula is C22H26Cl2N2O4. The second-order valence-electron chi connectivity index (χ2n) is 7.06. The number of hydrogen-bond acceptors (Lipinski definition) is 4. The largest absolute Gasteiger partial charge is 0.493 e. The van der Waals surface area contributed by atoms with Gasteiger partial charge in [0.25, 0.3) is 5.91 Å². The van der Waals surface area contributed by atoms with Crippen LogP contribution in [-0.4, -0.2) is 25.0 Å². The van der Waals surface area contributed by atoms with E-state index < -0.39 is 5.91 Å². The maximum absolute atomic E-state index is 12.4. The fourth-order valence-electron chi connectivity index (χ4n) is 2.45. The third-order valence-corrected chi connectivity index (χ3v) is 4.63. The summed E-state index contributed by atoms with van der Waals surface area (Å²) < 4.78 is 11.2. The van der Waals surface area contributed by atoms with Gasteiger partial charge in [-0.25, -0.2) is 0 Å². The predicted octanol–water partition coefficient (Wildman–Crippen LogP) is 5.04. The minimum absolute atomic E-state index is 0.179. The zero-order valence-corrected chi connectivity index (χ0v) is 18.6. The molecule has 0 unspecified atom stereocenters. The Bertz CT molecular complexity index is 859. The van der Waals surface area contributed by atoms with E-state index in [9.17, 15) is 9.59 Å². The number of amides is 2. The molecule has 8 heteroatoms. The summed E-state index contributed by atoms with van der Waals surface area (Å²) in [5.74, 6) is 0.729. The van der Waals surface area contributed by atoms with E-state index in [1.807, 2.05) is 0 Å². The Labute approximate surface area is 186 Å². The number of carbonyl (C=O) groups is 2. The highest BCUT2D eigenvalue weighted by atomic mass is 35.5. The Morgan fingerprint density at radius 3 is 2.43 bits per heavy atom. The van der Waals surface area contributed by atoms with Crippen molar-refractivity contribution in [1.82, 2.24) is 10.9 Å². The summed E-state index contributed by atoms with van der Waals surface area (Å²) in [5.41, 5.74) is 5.19. The molecule has 0 atom stereocenters. The summed E-state index contributed by atoms with van der Waals surface area (Å²) in [6.45, 7) is 5.03. The fourth-order valence-corrected chi connectivity index (χ4v) is 2.91. The Morgan fingerprint density at radius 1 is 0.967 bits per heavy atom. The Hall–Kier alpha value is -2.44. The quantitative estimate of drug-likeness (QED) is 0.391. The van der Waals surface area contributed by atoms with Crippen molar-refractivity contribution >= 4 is 35.0 Å². The normalized spacial score (nSPS) is 10.6. The lowest BCUT2D eigenvalue weighted by Gasteiger charge is -2.13. The first-order valence-electron chi connectivity index (χ1n) is 9.75. The lowest BCUT2D eigenvalue weighted by atomic mass is 10.1. The molecule has 2 rings (SSSR count). The Morgan fingerprint density at radius 2 is 1.70 bits per heavy atom. The van der Waals surface area contributed by atoms with Crippen LogP contribution in [0.25, 0.3) is 0 Å². The van der Waals surface area contributed by atoms with E-state index in [1.165, 1.54) is 0 Å². The van der Waals surface area contributed by atoms with E-state index in [-0.39, 0.29) is 12.3 Å². The highest BCUT2D eigenvalue weighted by Crippen LogP contribution is 2.27. The third kappa shape index (κ3) is 8.13. The number of halogens is 2. The van der Waals surface area contributed by atoms with Gasteiger partial charge in [-0.15, -0.1) is 0 Å². The summed E-state index contributed by atoms with van der Waals surface area (Å²) in [6.07, 6.45) is 1.52. The monoisotopic (exact) mass is 452 g/mol. The SMILES string of the molecule is CC(C)CCOc1ccccc1C(=O)NNC(=O)CCCOc1ccc(Cl)cc1Cl. The van der Waals surface area contributed by atoms with E-state index in [4.69, 9.17) is 32.7 Å². The summed E-state index contributed by atoms with van der Waals surface area (Å²) in [5, 5.41) is 0.933. The molecule has 0 aliphatic heterocycles. The second-order valence-corrected chi connectivity index (χ2v) is 7.90. The number of para-hydroxylation sites is 1. The molecule has 0 saturated heterocycles. The van der Waals surface area contributed by atoms with Crippen molar-refractivity contribution in [1.29, 1.82) is 0 Å². The third-order valence-electron chi connectivity index (χ3n) is 4.10. The predicted molar refractivity (Wildman–Crippen MR) is 118 cm³/mol. The van der Waals surface area contributed by atoms with E-state index in [0.29, 0.717) is 52.7 Å². The first-order valence-corrected chi connectivity index (χ1v) is 10.5. The van der Waals surface area contributed by atoms with Crippen LogP contribution < -0.4 is 20.3 Å². The number of carbonyl (C=O) groups excluding carboxylic acids is 2. The number of hydrazine groups is 1. The van der Waals surface area contributed by atoms with Crippen LogP contribution in [0.15, 0.2) is 42.5 Å². The molecule has 2 N–H and O–H groups in total. The lowest BCUT2D eigenvalue weighted by molar-refractivity contribution is -0.122. The van der Waals surface area contributed by atoms with Crippen LogP contribution in [0, 0.1) is 5.92 Å². The average Bonchev–Trinajstić information content (AvgIpc) is 2.71. The molecule has 2 amide bonds. The van der Waals surface area contributed by atoms with Crippen LogP contribution in [-0.2, 0) is 4.79 Å². The maximum atomic E-state index is 12.4. The topological polar surface area (TPSA) is 76.7 Å². The molecule has 0 aliphatic carbocycles. The molecule has 0 heterocycles. The zero-order valence-electron chi connectivity index (χ0n) is 17.0. The van der Waals surface area contributed by atoms with Gasteiger partial charge in [-0.1, -0.05) is 49.2 Å². The van der Waals surface area contributed by atoms with Gasteiger partial charge in [-0.05, 0) is 49.1 Å². The summed E-state index contributed by atoms with van der Waals surface area (Å²) in [7, 11) is 0. The number of rotatable bonds is 10. The molecule has 162 valence electrons. The summed E-state index contributed by atoms with van der Waals surface area (Å²) >= 11 is 11.9.